The Morgan fingerprint density at radius 2 is 2.00 bits per heavy atom. The normalized spacial score (nSPS) is 12.9. The van der Waals surface area contributed by atoms with Gasteiger partial charge in [0.1, 0.15) is 10.8 Å². The summed E-state index contributed by atoms with van der Waals surface area (Å²) in [5.74, 6) is -1.56. The predicted octanol–water partition coefficient (Wildman–Crippen LogP) is -0.388. The van der Waals surface area contributed by atoms with Gasteiger partial charge in [-0.25, -0.2) is 12.8 Å². The van der Waals surface area contributed by atoms with Gasteiger partial charge in [0.05, 0.1) is 10.9 Å². The Balaban J connectivity index is 3.19. The second-order valence-electron chi connectivity index (χ2n) is 3.75. The fourth-order valence-electron chi connectivity index (χ4n) is 1.22. The number of carbonyl (C=O) groups is 1. The number of halogens is 1. The van der Waals surface area contributed by atoms with E-state index in [2.05, 4.69) is 12.2 Å². The highest BCUT2D eigenvalue weighted by molar-refractivity contribution is 7.89. The van der Waals surface area contributed by atoms with Crippen molar-refractivity contribution in [3.63, 3.8) is 0 Å². The highest BCUT2D eigenvalue weighted by atomic mass is 32.2. The molecular weight excluding hydrogens is 293 g/mol. The Hall–Kier alpha value is -1.58. The molecule has 5 N–H and O–H groups in total. The summed E-state index contributed by atoms with van der Waals surface area (Å²) in [4.78, 5) is 10.3. The number of hydrogen-bond acceptors (Lipinski definition) is 4. The maximum atomic E-state index is 13.3. The Bertz CT molecular complexity index is 631. The van der Waals surface area contributed by atoms with E-state index < -0.39 is 27.8 Å². The van der Waals surface area contributed by atoms with Gasteiger partial charge in [0.15, 0.2) is 0 Å². The first kappa shape index (κ1) is 15.5. The van der Waals surface area contributed by atoms with Gasteiger partial charge in [0.2, 0.25) is 15.9 Å². The molecule has 0 aromatic heterocycles. The van der Waals surface area contributed by atoms with Crippen molar-refractivity contribution in [1.82, 2.24) is 4.72 Å². The summed E-state index contributed by atoms with van der Waals surface area (Å²) in [6.07, 6.45) is 0. The molecule has 1 aromatic rings. The minimum Gasteiger partial charge on any atom is -0.389 e. The third-order valence-electron chi connectivity index (χ3n) is 2.27. The largest absolute Gasteiger partial charge is 0.389 e. The quantitative estimate of drug-likeness (QED) is 0.641. The summed E-state index contributed by atoms with van der Waals surface area (Å²) >= 11 is 4.61. The lowest BCUT2D eigenvalue weighted by atomic mass is 10.2. The molecule has 0 heterocycles. The van der Waals surface area contributed by atoms with Gasteiger partial charge in [-0.3, -0.25) is 4.79 Å². The SMILES string of the molecule is CC(NS(=O)(=O)c1ccc(F)c(C(N)=S)c1)C(N)=O. The molecule has 1 amide bonds. The van der Waals surface area contributed by atoms with Crippen molar-refractivity contribution >= 4 is 33.1 Å². The van der Waals surface area contributed by atoms with Crippen LogP contribution in [0.4, 0.5) is 4.39 Å². The molecule has 1 unspecified atom stereocenters. The number of nitrogens with two attached hydrogens (primary N) is 2. The van der Waals surface area contributed by atoms with Crippen LogP contribution in [0.25, 0.3) is 0 Å². The van der Waals surface area contributed by atoms with Gasteiger partial charge in [-0.1, -0.05) is 12.2 Å². The molecule has 0 aliphatic heterocycles. The molecule has 1 atom stereocenters. The van der Waals surface area contributed by atoms with E-state index in [1.165, 1.54) is 6.92 Å². The Morgan fingerprint density at radius 1 is 1.42 bits per heavy atom. The molecule has 9 heteroatoms. The van der Waals surface area contributed by atoms with Crippen LogP contribution in [0.1, 0.15) is 12.5 Å². The monoisotopic (exact) mass is 305 g/mol. The number of nitrogens with one attached hydrogen (secondary N) is 1. The van der Waals surface area contributed by atoms with E-state index in [1.54, 1.807) is 0 Å². The molecule has 0 aliphatic carbocycles. The molecule has 1 rings (SSSR count). The lowest BCUT2D eigenvalue weighted by Gasteiger charge is -2.12. The Labute approximate surface area is 115 Å². The third kappa shape index (κ3) is 3.69. The third-order valence-corrected chi connectivity index (χ3v) is 4.03. The van der Waals surface area contributed by atoms with Gasteiger partial charge in [-0.05, 0) is 25.1 Å². The highest BCUT2D eigenvalue weighted by Crippen LogP contribution is 2.15. The molecule has 0 fully saturated rings. The summed E-state index contributed by atoms with van der Waals surface area (Å²) in [5.41, 5.74) is 10.0. The van der Waals surface area contributed by atoms with E-state index in [1.807, 2.05) is 4.72 Å². The number of carbonyl (C=O) groups excluding carboxylic acids is 1. The summed E-state index contributed by atoms with van der Waals surface area (Å²) in [5, 5.41) is 0. The molecule has 104 valence electrons. The molecule has 0 bridgehead atoms. The number of thiocarbonyl (C=S) groups is 1. The van der Waals surface area contributed by atoms with E-state index in [0.717, 1.165) is 18.2 Å². The molecule has 0 aliphatic rings. The summed E-state index contributed by atoms with van der Waals surface area (Å²) in [6.45, 7) is 1.29. The second kappa shape index (κ2) is 5.59. The zero-order valence-corrected chi connectivity index (χ0v) is 11.5. The van der Waals surface area contributed by atoms with Crippen LogP contribution in [-0.2, 0) is 14.8 Å². The summed E-state index contributed by atoms with van der Waals surface area (Å²) in [7, 11) is -4.01. The van der Waals surface area contributed by atoms with Crippen molar-refractivity contribution in [1.29, 1.82) is 0 Å². The highest BCUT2D eigenvalue weighted by Gasteiger charge is 2.21. The zero-order chi connectivity index (χ0) is 14.8. The predicted molar refractivity (Wildman–Crippen MR) is 71.3 cm³/mol. The number of sulfonamides is 1. The van der Waals surface area contributed by atoms with E-state index in [-0.39, 0.29) is 15.4 Å². The molecule has 19 heavy (non-hydrogen) atoms. The van der Waals surface area contributed by atoms with Crippen LogP contribution in [-0.4, -0.2) is 25.4 Å². The van der Waals surface area contributed by atoms with Crippen molar-refractivity contribution in [2.75, 3.05) is 0 Å². The standard InChI is InChI=1S/C10H12FN3O3S2/c1-5(9(12)15)14-19(16,17)6-2-3-8(11)7(4-6)10(13)18/h2-5,14H,1H3,(H2,12,15)(H2,13,18). The van der Waals surface area contributed by atoms with Gasteiger partial charge in [-0.2, -0.15) is 4.72 Å². The van der Waals surface area contributed by atoms with E-state index in [9.17, 15) is 17.6 Å². The Morgan fingerprint density at radius 3 is 2.47 bits per heavy atom. The van der Waals surface area contributed by atoms with Crippen molar-refractivity contribution in [2.45, 2.75) is 17.9 Å². The van der Waals surface area contributed by atoms with Crippen molar-refractivity contribution in [3.8, 4) is 0 Å². The minimum atomic E-state index is -4.01. The van der Waals surface area contributed by atoms with Crippen LogP contribution >= 0.6 is 12.2 Å². The van der Waals surface area contributed by atoms with Crippen LogP contribution in [0.15, 0.2) is 23.1 Å². The number of hydrogen-bond donors (Lipinski definition) is 3. The lowest BCUT2D eigenvalue weighted by Crippen LogP contribution is -2.42. The average molecular weight is 305 g/mol. The van der Waals surface area contributed by atoms with E-state index in [0.29, 0.717) is 0 Å². The number of rotatable bonds is 5. The minimum absolute atomic E-state index is 0.190. The fraction of sp³-hybridized carbons (Fsp3) is 0.200. The van der Waals surface area contributed by atoms with Crippen molar-refractivity contribution in [3.05, 3.63) is 29.6 Å². The van der Waals surface area contributed by atoms with Crippen LogP contribution in [0, 0.1) is 5.82 Å². The topological polar surface area (TPSA) is 115 Å². The van der Waals surface area contributed by atoms with E-state index >= 15 is 0 Å². The first-order chi connectivity index (χ1) is 8.65. The van der Waals surface area contributed by atoms with Gasteiger partial charge in [0.25, 0.3) is 0 Å². The van der Waals surface area contributed by atoms with Crippen LogP contribution in [0.2, 0.25) is 0 Å². The molecule has 1 aromatic carbocycles. The number of primary amides is 1. The van der Waals surface area contributed by atoms with Crippen molar-refractivity contribution < 1.29 is 17.6 Å². The summed E-state index contributed by atoms with van der Waals surface area (Å²) < 4.78 is 39.2. The van der Waals surface area contributed by atoms with Gasteiger partial charge >= 0.3 is 0 Å². The number of benzene rings is 1. The molecule has 0 saturated carbocycles. The molecule has 0 saturated heterocycles. The fourth-order valence-corrected chi connectivity index (χ4v) is 2.61. The van der Waals surface area contributed by atoms with Gasteiger partial charge < -0.3 is 11.5 Å². The Kier molecular flexibility index (Phi) is 4.56. The average Bonchev–Trinajstić information content (AvgIpc) is 2.27. The maximum Gasteiger partial charge on any atom is 0.241 e. The summed E-state index contributed by atoms with van der Waals surface area (Å²) in [6, 6.07) is 1.86. The second-order valence-corrected chi connectivity index (χ2v) is 5.91. The number of amides is 1. The van der Waals surface area contributed by atoms with Crippen molar-refractivity contribution in [2.24, 2.45) is 11.5 Å². The first-order valence-corrected chi connectivity index (χ1v) is 6.95. The molecule has 0 spiro atoms. The lowest BCUT2D eigenvalue weighted by molar-refractivity contribution is -0.119. The molecular formula is C10H12FN3O3S2. The van der Waals surface area contributed by atoms with Gasteiger partial charge in [-0.15, -0.1) is 0 Å². The van der Waals surface area contributed by atoms with E-state index in [4.69, 9.17) is 11.5 Å². The maximum absolute atomic E-state index is 13.3. The van der Waals surface area contributed by atoms with Gasteiger partial charge in [0, 0.05) is 5.56 Å². The molecule has 6 nitrogen and oxygen atoms in total. The van der Waals surface area contributed by atoms with Crippen LogP contribution in [0.5, 0.6) is 0 Å². The van der Waals surface area contributed by atoms with Crippen LogP contribution < -0.4 is 16.2 Å². The zero-order valence-electron chi connectivity index (χ0n) is 9.88. The first-order valence-electron chi connectivity index (χ1n) is 5.06. The smallest absolute Gasteiger partial charge is 0.241 e. The molecule has 0 radical (unpaired) electrons. The van der Waals surface area contributed by atoms with Crippen LogP contribution in [0.3, 0.4) is 0 Å².